The van der Waals surface area contributed by atoms with Gasteiger partial charge in [0.05, 0.1) is 0 Å². The van der Waals surface area contributed by atoms with E-state index >= 15 is 0 Å². The molecule has 0 saturated heterocycles. The number of aromatic hydroxyl groups is 1. The standard InChI is InChI=1S/C14H14OS/c1-2-12-13(15)9-6-10-14(12)16-11-7-4-3-5-8-11/h3-10,15H,2H2,1H3. The molecular weight excluding hydrogens is 216 g/mol. The Labute approximate surface area is 100 Å². The number of hydrogen-bond donors (Lipinski definition) is 1. The Kier molecular flexibility index (Phi) is 3.52. The van der Waals surface area contributed by atoms with E-state index in [-0.39, 0.29) is 0 Å². The number of phenolic OH excluding ortho intramolecular Hbond substituents is 1. The third-order valence-corrected chi connectivity index (χ3v) is 3.54. The molecular formula is C14H14OS. The minimum absolute atomic E-state index is 0.392. The third kappa shape index (κ3) is 2.39. The summed E-state index contributed by atoms with van der Waals surface area (Å²) in [5, 5.41) is 9.76. The van der Waals surface area contributed by atoms with Crippen LogP contribution in [0.3, 0.4) is 0 Å². The highest BCUT2D eigenvalue weighted by Crippen LogP contribution is 2.34. The van der Waals surface area contributed by atoms with Gasteiger partial charge < -0.3 is 5.11 Å². The zero-order chi connectivity index (χ0) is 11.4. The Morgan fingerprint density at radius 1 is 1.00 bits per heavy atom. The van der Waals surface area contributed by atoms with Crippen molar-refractivity contribution in [1.82, 2.24) is 0 Å². The molecule has 1 nitrogen and oxygen atoms in total. The van der Waals surface area contributed by atoms with E-state index in [4.69, 9.17) is 0 Å². The van der Waals surface area contributed by atoms with E-state index in [1.807, 2.05) is 24.3 Å². The summed E-state index contributed by atoms with van der Waals surface area (Å²) in [5.41, 5.74) is 1.02. The molecule has 0 amide bonds. The summed E-state index contributed by atoms with van der Waals surface area (Å²) in [6, 6.07) is 15.9. The van der Waals surface area contributed by atoms with Gasteiger partial charge in [-0.05, 0) is 30.7 Å². The van der Waals surface area contributed by atoms with Gasteiger partial charge in [0.15, 0.2) is 0 Å². The molecule has 0 fully saturated rings. The van der Waals surface area contributed by atoms with Crippen LogP contribution in [0.5, 0.6) is 5.75 Å². The van der Waals surface area contributed by atoms with Crippen LogP contribution in [-0.2, 0) is 6.42 Å². The summed E-state index contributed by atoms with van der Waals surface area (Å²) in [7, 11) is 0. The molecule has 0 unspecified atom stereocenters. The van der Waals surface area contributed by atoms with Crippen LogP contribution in [0, 0.1) is 0 Å². The van der Waals surface area contributed by atoms with Gasteiger partial charge in [0.25, 0.3) is 0 Å². The minimum Gasteiger partial charge on any atom is -0.508 e. The van der Waals surface area contributed by atoms with E-state index in [2.05, 4.69) is 25.1 Å². The second-order valence-corrected chi connectivity index (χ2v) is 4.64. The minimum atomic E-state index is 0.392. The van der Waals surface area contributed by atoms with Crippen LogP contribution in [0.2, 0.25) is 0 Å². The molecule has 2 rings (SSSR count). The molecule has 0 aliphatic rings. The molecule has 0 saturated carbocycles. The number of benzene rings is 2. The molecule has 0 atom stereocenters. The first kappa shape index (κ1) is 11.1. The summed E-state index contributed by atoms with van der Waals surface area (Å²) in [4.78, 5) is 2.33. The van der Waals surface area contributed by atoms with E-state index in [1.54, 1.807) is 17.8 Å². The van der Waals surface area contributed by atoms with Gasteiger partial charge in [-0.2, -0.15) is 0 Å². The van der Waals surface area contributed by atoms with Crippen LogP contribution in [-0.4, -0.2) is 5.11 Å². The van der Waals surface area contributed by atoms with Gasteiger partial charge in [-0.3, -0.25) is 0 Å². The Bertz CT molecular complexity index is 465. The van der Waals surface area contributed by atoms with Crippen molar-refractivity contribution >= 4 is 11.8 Å². The van der Waals surface area contributed by atoms with Gasteiger partial charge in [-0.15, -0.1) is 0 Å². The highest BCUT2D eigenvalue weighted by molar-refractivity contribution is 7.99. The average molecular weight is 230 g/mol. The van der Waals surface area contributed by atoms with Gasteiger partial charge in [0.1, 0.15) is 5.75 Å². The Morgan fingerprint density at radius 2 is 1.75 bits per heavy atom. The van der Waals surface area contributed by atoms with E-state index in [0.29, 0.717) is 5.75 Å². The summed E-state index contributed by atoms with van der Waals surface area (Å²) in [6.45, 7) is 2.06. The van der Waals surface area contributed by atoms with E-state index in [1.165, 1.54) is 4.90 Å². The Balaban J connectivity index is 2.31. The molecule has 16 heavy (non-hydrogen) atoms. The van der Waals surface area contributed by atoms with Gasteiger partial charge in [-0.25, -0.2) is 0 Å². The lowest BCUT2D eigenvalue weighted by Crippen LogP contribution is -1.86. The van der Waals surface area contributed by atoms with E-state index < -0.39 is 0 Å². The molecule has 0 aliphatic heterocycles. The molecule has 2 heteroatoms. The number of phenols is 1. The molecule has 1 N–H and O–H groups in total. The van der Waals surface area contributed by atoms with Gasteiger partial charge in [-0.1, -0.05) is 43.0 Å². The summed E-state index contributed by atoms with van der Waals surface area (Å²) < 4.78 is 0. The first-order chi connectivity index (χ1) is 7.81. The molecule has 0 radical (unpaired) electrons. The zero-order valence-electron chi connectivity index (χ0n) is 9.18. The van der Waals surface area contributed by atoms with Gasteiger partial charge >= 0.3 is 0 Å². The second-order valence-electron chi connectivity index (χ2n) is 3.52. The van der Waals surface area contributed by atoms with Crippen molar-refractivity contribution in [2.75, 3.05) is 0 Å². The highest BCUT2D eigenvalue weighted by Gasteiger charge is 2.06. The van der Waals surface area contributed by atoms with E-state index in [9.17, 15) is 5.11 Å². The molecule has 0 spiro atoms. The Hall–Kier alpha value is -1.41. The molecule has 82 valence electrons. The van der Waals surface area contributed by atoms with Crippen LogP contribution < -0.4 is 0 Å². The van der Waals surface area contributed by atoms with Crippen LogP contribution in [0.25, 0.3) is 0 Å². The topological polar surface area (TPSA) is 20.2 Å². The van der Waals surface area contributed by atoms with Crippen molar-refractivity contribution in [1.29, 1.82) is 0 Å². The smallest absolute Gasteiger partial charge is 0.119 e. The predicted molar refractivity (Wildman–Crippen MR) is 68.0 cm³/mol. The molecule has 0 heterocycles. The lowest BCUT2D eigenvalue weighted by atomic mass is 10.1. The maximum atomic E-state index is 9.76. The van der Waals surface area contributed by atoms with Gasteiger partial charge in [0.2, 0.25) is 0 Å². The van der Waals surface area contributed by atoms with Crippen molar-refractivity contribution in [3.05, 3.63) is 54.1 Å². The van der Waals surface area contributed by atoms with Crippen molar-refractivity contribution in [3.8, 4) is 5.75 Å². The van der Waals surface area contributed by atoms with Gasteiger partial charge in [0, 0.05) is 15.4 Å². The normalized spacial score (nSPS) is 10.3. The predicted octanol–water partition coefficient (Wildman–Crippen LogP) is 4.11. The fourth-order valence-electron chi connectivity index (χ4n) is 1.62. The van der Waals surface area contributed by atoms with Crippen LogP contribution >= 0.6 is 11.8 Å². The van der Waals surface area contributed by atoms with Crippen LogP contribution in [0.4, 0.5) is 0 Å². The second kappa shape index (κ2) is 5.08. The maximum Gasteiger partial charge on any atom is 0.119 e. The fraction of sp³-hybridized carbons (Fsp3) is 0.143. The molecule has 2 aromatic carbocycles. The first-order valence-electron chi connectivity index (χ1n) is 5.35. The maximum absolute atomic E-state index is 9.76. The average Bonchev–Trinajstić information content (AvgIpc) is 2.31. The van der Waals surface area contributed by atoms with E-state index in [0.717, 1.165) is 16.9 Å². The van der Waals surface area contributed by atoms with Crippen molar-refractivity contribution in [2.45, 2.75) is 23.1 Å². The molecule has 0 aromatic heterocycles. The monoisotopic (exact) mass is 230 g/mol. The van der Waals surface area contributed by atoms with Crippen LogP contribution in [0.1, 0.15) is 12.5 Å². The SMILES string of the molecule is CCc1c(O)cccc1Sc1ccccc1. The molecule has 0 bridgehead atoms. The lowest BCUT2D eigenvalue weighted by molar-refractivity contribution is 0.466. The summed E-state index contributed by atoms with van der Waals surface area (Å²) in [6.07, 6.45) is 0.849. The first-order valence-corrected chi connectivity index (χ1v) is 6.16. The number of rotatable bonds is 3. The fourth-order valence-corrected chi connectivity index (χ4v) is 2.69. The lowest BCUT2D eigenvalue weighted by Gasteiger charge is -2.08. The zero-order valence-corrected chi connectivity index (χ0v) is 10.00. The van der Waals surface area contributed by atoms with Crippen molar-refractivity contribution < 1.29 is 5.11 Å². The quantitative estimate of drug-likeness (QED) is 0.856. The Morgan fingerprint density at radius 3 is 2.44 bits per heavy atom. The molecule has 2 aromatic rings. The van der Waals surface area contributed by atoms with Crippen LogP contribution in [0.15, 0.2) is 58.3 Å². The third-order valence-electron chi connectivity index (χ3n) is 2.43. The summed E-state index contributed by atoms with van der Waals surface area (Å²) >= 11 is 1.69. The highest BCUT2D eigenvalue weighted by atomic mass is 32.2. The van der Waals surface area contributed by atoms with Crippen molar-refractivity contribution in [3.63, 3.8) is 0 Å². The van der Waals surface area contributed by atoms with Crippen molar-refractivity contribution in [2.24, 2.45) is 0 Å². The summed E-state index contributed by atoms with van der Waals surface area (Å²) in [5.74, 6) is 0.392. The number of hydrogen-bond acceptors (Lipinski definition) is 2. The largest absolute Gasteiger partial charge is 0.508 e. The molecule has 0 aliphatic carbocycles.